The molecule has 0 heterocycles. The highest BCUT2D eigenvalue weighted by atomic mass is 19.3. The van der Waals surface area contributed by atoms with E-state index in [1.54, 1.807) is 24.3 Å². The van der Waals surface area contributed by atoms with Crippen LogP contribution < -0.4 is 4.74 Å². The van der Waals surface area contributed by atoms with E-state index in [1.165, 1.54) is 7.11 Å². The number of carboxylic acid groups (broad SMARTS) is 1. The van der Waals surface area contributed by atoms with Gasteiger partial charge in [0.05, 0.1) is 7.11 Å². The molecule has 0 atom stereocenters. The summed E-state index contributed by atoms with van der Waals surface area (Å²) in [5, 5.41) is 8.31. The van der Waals surface area contributed by atoms with Gasteiger partial charge in [-0.2, -0.15) is 0 Å². The average molecular weight is 316 g/mol. The Morgan fingerprint density at radius 2 is 1.95 bits per heavy atom. The lowest BCUT2D eigenvalue weighted by molar-refractivity contribution is -0.137. The fraction of sp³-hybridized carbons (Fsp3) is 0.588. The Hall–Kier alpha value is -1.65. The Morgan fingerprint density at radius 1 is 1.32 bits per heavy atom. The molecule has 5 heteroatoms. The van der Waals surface area contributed by atoms with Crippen LogP contribution in [-0.2, 0) is 11.2 Å². The number of benzene rings is 1. The van der Waals surface area contributed by atoms with E-state index < -0.39 is 12.4 Å². The fourth-order valence-electron chi connectivity index (χ4n) is 1.75. The van der Waals surface area contributed by atoms with Crippen LogP contribution in [0.25, 0.3) is 0 Å². The zero-order chi connectivity index (χ0) is 17.2. The minimum atomic E-state index is -2.29. The molecule has 0 saturated carbocycles. The predicted molar refractivity (Wildman–Crippen MR) is 83.6 cm³/mol. The van der Waals surface area contributed by atoms with Crippen LogP contribution in [0.2, 0.25) is 0 Å². The van der Waals surface area contributed by atoms with E-state index in [0.29, 0.717) is 17.7 Å². The Kier molecular flexibility index (Phi) is 9.38. The number of hydrogen-bond acceptors (Lipinski definition) is 2. The zero-order valence-corrected chi connectivity index (χ0v) is 13.7. The molecule has 0 radical (unpaired) electrons. The van der Waals surface area contributed by atoms with Gasteiger partial charge in [0, 0.05) is 12.8 Å². The Morgan fingerprint density at radius 3 is 2.41 bits per heavy atom. The molecule has 0 fully saturated rings. The SMILES string of the molecule is CC(C)(C)CCCC(=O)O.COc1cccc(CC(F)F)c1. The van der Waals surface area contributed by atoms with Gasteiger partial charge >= 0.3 is 5.97 Å². The Labute approximate surface area is 131 Å². The van der Waals surface area contributed by atoms with Crippen LogP contribution in [-0.4, -0.2) is 24.6 Å². The summed E-state index contributed by atoms with van der Waals surface area (Å²) in [5.41, 5.74) is 0.875. The molecule has 1 aromatic rings. The number of ether oxygens (including phenoxy) is 1. The van der Waals surface area contributed by atoms with Crippen molar-refractivity contribution in [2.24, 2.45) is 5.41 Å². The molecule has 0 aromatic heterocycles. The summed E-state index contributed by atoms with van der Waals surface area (Å²) >= 11 is 0. The van der Waals surface area contributed by atoms with Gasteiger partial charge in [-0.1, -0.05) is 32.9 Å². The Balaban J connectivity index is 0.000000409. The van der Waals surface area contributed by atoms with E-state index in [1.807, 2.05) is 0 Å². The van der Waals surface area contributed by atoms with Gasteiger partial charge in [0.2, 0.25) is 6.43 Å². The van der Waals surface area contributed by atoms with Gasteiger partial charge in [-0.25, -0.2) is 8.78 Å². The maximum absolute atomic E-state index is 11.9. The molecule has 1 rings (SSSR count). The lowest BCUT2D eigenvalue weighted by Gasteiger charge is -2.16. The van der Waals surface area contributed by atoms with Crippen LogP contribution >= 0.6 is 0 Å². The van der Waals surface area contributed by atoms with E-state index >= 15 is 0 Å². The molecule has 3 nitrogen and oxygen atoms in total. The number of hydrogen-bond donors (Lipinski definition) is 1. The van der Waals surface area contributed by atoms with Gasteiger partial charge in [-0.3, -0.25) is 4.79 Å². The number of rotatable bonds is 6. The first-order valence-electron chi connectivity index (χ1n) is 7.27. The maximum atomic E-state index is 11.9. The van der Waals surface area contributed by atoms with Crippen molar-refractivity contribution < 1.29 is 23.4 Å². The van der Waals surface area contributed by atoms with E-state index in [-0.39, 0.29) is 11.8 Å². The van der Waals surface area contributed by atoms with Crippen LogP contribution in [0, 0.1) is 5.41 Å². The first-order chi connectivity index (χ1) is 10.1. The fourth-order valence-corrected chi connectivity index (χ4v) is 1.75. The van der Waals surface area contributed by atoms with Crippen molar-refractivity contribution in [3.05, 3.63) is 29.8 Å². The zero-order valence-electron chi connectivity index (χ0n) is 13.7. The smallest absolute Gasteiger partial charge is 0.303 e. The summed E-state index contributed by atoms with van der Waals surface area (Å²) in [4.78, 5) is 10.1. The summed E-state index contributed by atoms with van der Waals surface area (Å²) in [7, 11) is 1.52. The molecule has 0 aliphatic rings. The van der Waals surface area contributed by atoms with Crippen LogP contribution in [0.15, 0.2) is 24.3 Å². The molecule has 0 amide bonds. The van der Waals surface area contributed by atoms with Crippen molar-refractivity contribution in [1.29, 1.82) is 0 Å². The highest BCUT2D eigenvalue weighted by Crippen LogP contribution is 2.21. The van der Waals surface area contributed by atoms with Crippen LogP contribution in [0.1, 0.15) is 45.6 Å². The summed E-state index contributed by atoms with van der Waals surface area (Å²) in [6.45, 7) is 6.36. The molecule has 0 aliphatic heterocycles. The maximum Gasteiger partial charge on any atom is 0.303 e. The average Bonchev–Trinajstić information content (AvgIpc) is 2.37. The lowest BCUT2D eigenvalue weighted by atomic mass is 9.90. The first-order valence-corrected chi connectivity index (χ1v) is 7.27. The number of aliphatic carboxylic acids is 1. The second kappa shape index (κ2) is 10.1. The molecule has 0 unspecified atom stereocenters. The van der Waals surface area contributed by atoms with E-state index in [0.717, 1.165) is 12.8 Å². The predicted octanol–water partition coefficient (Wildman–Crippen LogP) is 4.79. The number of carboxylic acids is 1. The second-order valence-corrected chi connectivity index (χ2v) is 6.25. The third-order valence-electron chi connectivity index (χ3n) is 2.84. The van der Waals surface area contributed by atoms with Gasteiger partial charge in [-0.15, -0.1) is 0 Å². The van der Waals surface area contributed by atoms with Gasteiger partial charge < -0.3 is 9.84 Å². The topological polar surface area (TPSA) is 46.5 Å². The molecule has 0 aliphatic carbocycles. The number of carbonyl (C=O) groups is 1. The minimum Gasteiger partial charge on any atom is -0.497 e. The number of halogens is 2. The molecule has 0 bridgehead atoms. The van der Waals surface area contributed by atoms with E-state index in [2.05, 4.69) is 20.8 Å². The molecule has 1 N–H and O–H groups in total. The van der Waals surface area contributed by atoms with Crippen molar-refractivity contribution in [3.8, 4) is 5.75 Å². The quantitative estimate of drug-likeness (QED) is 0.820. The Bertz CT molecular complexity index is 440. The van der Waals surface area contributed by atoms with Crippen molar-refractivity contribution in [1.82, 2.24) is 0 Å². The van der Waals surface area contributed by atoms with Gasteiger partial charge in [-0.05, 0) is 36.0 Å². The number of alkyl halides is 2. The van der Waals surface area contributed by atoms with Gasteiger partial charge in [0.15, 0.2) is 0 Å². The van der Waals surface area contributed by atoms with Gasteiger partial charge in [0.25, 0.3) is 0 Å². The molecule has 22 heavy (non-hydrogen) atoms. The van der Waals surface area contributed by atoms with Crippen molar-refractivity contribution >= 4 is 5.97 Å². The molecular weight excluding hydrogens is 290 g/mol. The minimum absolute atomic E-state index is 0.211. The molecule has 0 spiro atoms. The van der Waals surface area contributed by atoms with E-state index in [4.69, 9.17) is 9.84 Å². The van der Waals surface area contributed by atoms with Crippen LogP contribution in [0.3, 0.4) is 0 Å². The van der Waals surface area contributed by atoms with Crippen LogP contribution in [0.4, 0.5) is 8.78 Å². The number of methoxy groups -OCH3 is 1. The molecule has 0 saturated heterocycles. The largest absolute Gasteiger partial charge is 0.497 e. The first kappa shape index (κ1) is 20.3. The van der Waals surface area contributed by atoms with Crippen molar-refractivity contribution in [2.75, 3.05) is 7.11 Å². The highest BCUT2D eigenvalue weighted by molar-refractivity contribution is 5.66. The summed E-state index contributed by atoms with van der Waals surface area (Å²) < 4.78 is 28.7. The summed E-state index contributed by atoms with van der Waals surface area (Å²) in [6, 6.07) is 6.71. The normalized spacial score (nSPS) is 10.9. The molecular formula is C17H26F2O3. The second-order valence-electron chi connectivity index (χ2n) is 6.25. The summed E-state index contributed by atoms with van der Waals surface area (Å²) in [5.74, 6) is -0.0719. The van der Waals surface area contributed by atoms with E-state index in [9.17, 15) is 13.6 Å². The molecule has 1 aromatic carbocycles. The van der Waals surface area contributed by atoms with Crippen LogP contribution in [0.5, 0.6) is 5.75 Å². The summed E-state index contributed by atoms with van der Waals surface area (Å²) in [6.07, 6.45) is -0.427. The lowest BCUT2D eigenvalue weighted by Crippen LogP contribution is -2.05. The third-order valence-corrected chi connectivity index (χ3v) is 2.84. The van der Waals surface area contributed by atoms with Gasteiger partial charge in [0.1, 0.15) is 5.75 Å². The molecule has 126 valence electrons. The third kappa shape index (κ3) is 12.1. The monoisotopic (exact) mass is 316 g/mol. The highest BCUT2D eigenvalue weighted by Gasteiger charge is 2.10. The van der Waals surface area contributed by atoms with Crippen molar-refractivity contribution in [3.63, 3.8) is 0 Å². The van der Waals surface area contributed by atoms with Crippen molar-refractivity contribution in [2.45, 2.75) is 52.9 Å². The standard InChI is InChI=1S/C9H10F2O.C8H16O2/c1-12-8-4-2-3-7(5-8)6-9(10)11;1-8(2,3)6-4-5-7(9)10/h2-5,9H,6H2,1H3;4-6H2,1-3H3,(H,9,10).